The summed E-state index contributed by atoms with van der Waals surface area (Å²) in [5.74, 6) is -0.598. The Kier molecular flexibility index (Phi) is 5.83. The highest BCUT2D eigenvalue weighted by Crippen LogP contribution is 2.29. The summed E-state index contributed by atoms with van der Waals surface area (Å²) >= 11 is 5.31. The summed E-state index contributed by atoms with van der Waals surface area (Å²) in [5, 5.41) is -0.427. The van der Waals surface area contributed by atoms with E-state index in [9.17, 15) is 12.8 Å². The molecule has 1 aromatic heterocycles. The van der Waals surface area contributed by atoms with E-state index in [1.54, 1.807) is 0 Å². The first-order chi connectivity index (χ1) is 12.8. The molecule has 0 saturated carbocycles. The van der Waals surface area contributed by atoms with E-state index < -0.39 is 20.9 Å². The van der Waals surface area contributed by atoms with Gasteiger partial charge in [0.05, 0.1) is 18.1 Å². The molecule has 2 aromatic carbocycles. The Hall–Kier alpha value is -1.97. The number of benzene rings is 2. The van der Waals surface area contributed by atoms with Crippen molar-refractivity contribution in [3.8, 4) is 5.75 Å². The molecule has 0 amide bonds. The van der Waals surface area contributed by atoms with Gasteiger partial charge in [0.25, 0.3) is 0 Å². The first-order valence-electron chi connectivity index (χ1n) is 7.93. The molecule has 0 aliphatic carbocycles. The van der Waals surface area contributed by atoms with Crippen LogP contribution in [0.4, 0.5) is 4.39 Å². The average Bonchev–Trinajstić information content (AvgIpc) is 3.13. The van der Waals surface area contributed by atoms with Crippen molar-refractivity contribution in [2.75, 3.05) is 7.11 Å². The van der Waals surface area contributed by atoms with E-state index in [1.807, 2.05) is 31.2 Å². The summed E-state index contributed by atoms with van der Waals surface area (Å²) in [6.45, 7) is 1.98. The van der Waals surface area contributed by atoms with Gasteiger partial charge in [-0.25, -0.2) is 17.8 Å². The second-order valence-electron chi connectivity index (χ2n) is 5.96. The second-order valence-corrected chi connectivity index (χ2v) is 9.39. The minimum Gasteiger partial charge on any atom is -0.494 e. The number of ether oxygens (including phenoxy) is 1. The molecule has 27 heavy (non-hydrogen) atoms. The summed E-state index contributed by atoms with van der Waals surface area (Å²) in [6.07, 6.45) is 0. The number of hydrogen-bond donors (Lipinski definition) is 1. The molecule has 1 heterocycles. The van der Waals surface area contributed by atoms with Crippen LogP contribution in [0.2, 0.25) is 0 Å². The van der Waals surface area contributed by atoms with Gasteiger partial charge in [-0.2, -0.15) is 17.0 Å². The van der Waals surface area contributed by atoms with E-state index in [1.165, 1.54) is 19.2 Å². The van der Waals surface area contributed by atoms with Crippen LogP contribution in [-0.4, -0.2) is 24.9 Å². The van der Waals surface area contributed by atoms with Gasteiger partial charge in [-0.05, 0) is 41.7 Å². The molecule has 5 nitrogen and oxygen atoms in total. The first kappa shape index (κ1) is 19.8. The molecule has 0 spiro atoms. The van der Waals surface area contributed by atoms with Crippen LogP contribution in [0.25, 0.3) is 0 Å². The Morgan fingerprint density at radius 2 is 1.93 bits per heavy atom. The number of nitrogens with zero attached hydrogens (tertiary/aromatic N) is 2. The van der Waals surface area contributed by atoms with Gasteiger partial charge in [0.15, 0.2) is 17.4 Å². The van der Waals surface area contributed by atoms with Crippen LogP contribution in [-0.2, 0) is 15.6 Å². The summed E-state index contributed by atoms with van der Waals surface area (Å²) in [5.41, 5.74) is 2.30. The summed E-state index contributed by atoms with van der Waals surface area (Å²) in [4.78, 5) is 4.16. The molecule has 0 aliphatic rings. The van der Waals surface area contributed by atoms with E-state index in [2.05, 4.69) is 22.0 Å². The highest BCUT2D eigenvalue weighted by Gasteiger charge is 2.24. The molecule has 0 radical (unpaired) electrons. The third kappa shape index (κ3) is 4.48. The first-order valence-corrected chi connectivity index (χ1v) is 10.9. The van der Waals surface area contributed by atoms with Gasteiger partial charge in [-0.3, -0.25) is 0 Å². The number of thiol groups is 1. The minimum atomic E-state index is -3.75. The Bertz CT molecular complexity index is 1050. The number of sulfone groups is 1. The lowest BCUT2D eigenvalue weighted by molar-refractivity contribution is 0.386. The molecule has 3 rings (SSSR count). The van der Waals surface area contributed by atoms with E-state index in [0.29, 0.717) is 11.4 Å². The van der Waals surface area contributed by atoms with Gasteiger partial charge >= 0.3 is 0 Å². The average molecular weight is 425 g/mol. The van der Waals surface area contributed by atoms with Crippen LogP contribution in [0.5, 0.6) is 5.75 Å². The number of aromatic nitrogens is 2. The second kappa shape index (κ2) is 7.95. The van der Waals surface area contributed by atoms with Crippen LogP contribution >= 0.6 is 24.2 Å². The number of methoxy groups -OCH3 is 1. The summed E-state index contributed by atoms with van der Waals surface area (Å²) in [7, 11) is -2.40. The topological polar surface area (TPSA) is 69.2 Å². The van der Waals surface area contributed by atoms with Crippen LogP contribution in [0.3, 0.4) is 0 Å². The Balaban J connectivity index is 1.82. The zero-order valence-electron chi connectivity index (χ0n) is 14.6. The molecular formula is C18H17FN2O3S3. The lowest BCUT2D eigenvalue weighted by atomic mass is 10.1. The third-order valence-corrected chi connectivity index (χ3v) is 7.28. The monoisotopic (exact) mass is 424 g/mol. The van der Waals surface area contributed by atoms with Crippen LogP contribution < -0.4 is 4.74 Å². The van der Waals surface area contributed by atoms with Gasteiger partial charge in [-0.15, -0.1) is 0 Å². The van der Waals surface area contributed by atoms with E-state index >= 15 is 0 Å². The van der Waals surface area contributed by atoms with Crippen molar-refractivity contribution in [3.05, 3.63) is 70.8 Å². The van der Waals surface area contributed by atoms with Gasteiger partial charge in [0, 0.05) is 0 Å². The fourth-order valence-electron chi connectivity index (χ4n) is 2.44. The zero-order chi connectivity index (χ0) is 19.6. The quantitative estimate of drug-likeness (QED) is 0.606. The predicted molar refractivity (Wildman–Crippen MR) is 106 cm³/mol. The van der Waals surface area contributed by atoms with E-state index in [-0.39, 0.29) is 15.8 Å². The van der Waals surface area contributed by atoms with Crippen molar-refractivity contribution < 1.29 is 17.5 Å². The molecule has 1 atom stereocenters. The Morgan fingerprint density at radius 3 is 2.56 bits per heavy atom. The highest BCUT2D eigenvalue weighted by molar-refractivity contribution is 7.92. The SMILES string of the molecule is COc1ccc(CS(=O)(=O)c2nc(C(S)c3ccc(C)cc3)ns2)cc1F. The number of halogens is 1. The molecule has 0 aliphatic heterocycles. The molecule has 1 unspecified atom stereocenters. The molecule has 0 fully saturated rings. The standard InChI is InChI=1S/C18H17FN2O3S3/c1-11-3-6-13(7-4-11)16(25)17-20-18(26-21-17)27(22,23)10-12-5-8-15(24-2)14(19)9-12/h3-9,16,25H,10H2,1-2H3. The largest absolute Gasteiger partial charge is 0.494 e. The molecule has 0 N–H and O–H groups in total. The van der Waals surface area contributed by atoms with E-state index in [4.69, 9.17) is 4.74 Å². The summed E-state index contributed by atoms with van der Waals surface area (Å²) in [6, 6.07) is 11.8. The van der Waals surface area contributed by atoms with Gasteiger partial charge in [0.2, 0.25) is 14.2 Å². The highest BCUT2D eigenvalue weighted by atomic mass is 32.2. The van der Waals surface area contributed by atoms with Crippen molar-refractivity contribution in [3.63, 3.8) is 0 Å². The molecule has 142 valence electrons. The fourth-order valence-corrected chi connectivity index (χ4v) is 4.97. The zero-order valence-corrected chi connectivity index (χ0v) is 17.1. The van der Waals surface area contributed by atoms with Crippen molar-refractivity contribution in [1.29, 1.82) is 0 Å². The van der Waals surface area contributed by atoms with Gasteiger partial charge in [-0.1, -0.05) is 35.9 Å². The smallest absolute Gasteiger partial charge is 0.229 e. The third-order valence-electron chi connectivity index (χ3n) is 3.90. The summed E-state index contributed by atoms with van der Waals surface area (Å²) < 4.78 is 47.9. The van der Waals surface area contributed by atoms with Crippen LogP contribution in [0.15, 0.2) is 46.8 Å². The molecule has 0 bridgehead atoms. The Labute approximate surface area is 166 Å². The lowest BCUT2D eigenvalue weighted by Gasteiger charge is -2.07. The van der Waals surface area contributed by atoms with Gasteiger partial charge in [0.1, 0.15) is 0 Å². The number of aryl methyl sites for hydroxylation is 1. The molecular weight excluding hydrogens is 407 g/mol. The fraction of sp³-hybridized carbons (Fsp3) is 0.222. The predicted octanol–water partition coefficient (Wildman–Crippen LogP) is 3.99. The molecule has 3 aromatic rings. The van der Waals surface area contributed by atoms with Crippen molar-refractivity contribution in [1.82, 2.24) is 9.36 Å². The van der Waals surface area contributed by atoms with Crippen LogP contribution in [0.1, 0.15) is 27.8 Å². The number of rotatable bonds is 6. The maximum absolute atomic E-state index is 13.8. The van der Waals surface area contributed by atoms with Crippen LogP contribution in [0, 0.1) is 12.7 Å². The number of hydrogen-bond acceptors (Lipinski definition) is 7. The molecule has 9 heteroatoms. The Morgan fingerprint density at radius 1 is 1.22 bits per heavy atom. The maximum Gasteiger partial charge on any atom is 0.229 e. The normalized spacial score (nSPS) is 12.7. The maximum atomic E-state index is 13.8. The van der Waals surface area contributed by atoms with Crippen molar-refractivity contribution in [2.45, 2.75) is 22.3 Å². The molecule has 0 saturated heterocycles. The van der Waals surface area contributed by atoms with Crippen molar-refractivity contribution in [2.24, 2.45) is 0 Å². The van der Waals surface area contributed by atoms with Gasteiger partial charge < -0.3 is 4.74 Å². The minimum absolute atomic E-state index is 0.0605. The van der Waals surface area contributed by atoms with Crippen molar-refractivity contribution >= 4 is 34.0 Å². The lowest BCUT2D eigenvalue weighted by Crippen LogP contribution is -2.06. The van der Waals surface area contributed by atoms with E-state index in [0.717, 1.165) is 28.7 Å².